The number of rotatable bonds is 1. The fourth-order valence-corrected chi connectivity index (χ4v) is 3.94. The highest BCUT2D eigenvalue weighted by atomic mass is 35.5. The molecule has 0 unspecified atom stereocenters. The van der Waals surface area contributed by atoms with Crippen LogP contribution in [-0.4, -0.2) is 33.3 Å². The molecule has 29 heavy (non-hydrogen) atoms. The van der Waals surface area contributed by atoms with Gasteiger partial charge >= 0.3 is 0 Å². The molecule has 0 bridgehead atoms. The number of ketones is 4. The molecule has 2 aromatic rings. The van der Waals surface area contributed by atoms with Crippen LogP contribution >= 0.6 is 11.6 Å². The van der Waals surface area contributed by atoms with E-state index in [-0.39, 0.29) is 44.2 Å². The molecule has 0 aromatic heterocycles. The lowest BCUT2D eigenvalue weighted by Crippen LogP contribution is -2.20. The van der Waals surface area contributed by atoms with Crippen molar-refractivity contribution >= 4 is 40.3 Å². The fourth-order valence-electron chi connectivity index (χ4n) is 3.75. The van der Waals surface area contributed by atoms with Crippen LogP contribution in [0.4, 0.5) is 0 Å². The number of phenolic OH excluding ortho intramolecular Hbond substituents is 2. The van der Waals surface area contributed by atoms with Crippen LogP contribution in [0.5, 0.6) is 11.5 Å². The lowest BCUT2D eigenvalue weighted by atomic mass is 9.80. The molecule has 144 valence electrons. The van der Waals surface area contributed by atoms with E-state index in [1.807, 2.05) is 0 Å². The molecule has 0 saturated heterocycles. The van der Waals surface area contributed by atoms with E-state index in [0.29, 0.717) is 11.1 Å². The quantitative estimate of drug-likeness (QED) is 0.745. The molecule has 0 atom stereocenters. The largest absolute Gasteiger partial charge is 0.507 e. The summed E-state index contributed by atoms with van der Waals surface area (Å²) in [7, 11) is 0. The number of phenols is 2. The SMILES string of the molecule is Cc1cc(O)c2c(c1)C(=O)C(c1c(C)cc3c(c1O)C(=O)C(Cl)=CC3=O)=CC2=O. The Morgan fingerprint density at radius 3 is 2.14 bits per heavy atom. The maximum Gasteiger partial charge on any atom is 0.208 e. The van der Waals surface area contributed by atoms with Gasteiger partial charge in [0, 0.05) is 28.3 Å². The summed E-state index contributed by atoms with van der Waals surface area (Å²) in [5.74, 6) is -3.38. The predicted octanol–water partition coefficient (Wildman–Crippen LogP) is 3.68. The van der Waals surface area contributed by atoms with Gasteiger partial charge in [-0.3, -0.25) is 19.2 Å². The van der Waals surface area contributed by atoms with E-state index in [4.69, 9.17) is 11.6 Å². The van der Waals surface area contributed by atoms with E-state index in [1.165, 1.54) is 18.2 Å². The summed E-state index contributed by atoms with van der Waals surface area (Å²) in [4.78, 5) is 50.4. The lowest BCUT2D eigenvalue weighted by molar-refractivity contribution is 0.0987. The van der Waals surface area contributed by atoms with E-state index < -0.39 is 28.9 Å². The van der Waals surface area contributed by atoms with Gasteiger partial charge in [-0.2, -0.15) is 0 Å². The number of aromatic hydroxyl groups is 2. The van der Waals surface area contributed by atoms with E-state index in [1.54, 1.807) is 13.8 Å². The molecular formula is C22H13ClO6. The minimum absolute atomic E-state index is 0.00171. The molecule has 6 nitrogen and oxygen atoms in total. The first kappa shape index (κ1) is 18.8. The molecule has 2 aliphatic rings. The van der Waals surface area contributed by atoms with Gasteiger partial charge in [-0.15, -0.1) is 0 Å². The summed E-state index contributed by atoms with van der Waals surface area (Å²) in [6.45, 7) is 3.21. The third kappa shape index (κ3) is 2.64. The molecule has 0 spiro atoms. The minimum atomic E-state index is -0.746. The van der Waals surface area contributed by atoms with Crippen molar-refractivity contribution in [1.82, 2.24) is 0 Å². The average molecular weight is 409 g/mol. The summed E-state index contributed by atoms with van der Waals surface area (Å²) in [6.07, 6.45) is 1.99. The first-order valence-electron chi connectivity index (χ1n) is 8.59. The van der Waals surface area contributed by atoms with E-state index in [9.17, 15) is 29.4 Å². The monoisotopic (exact) mass is 408 g/mol. The second-order valence-electron chi connectivity index (χ2n) is 6.98. The number of hydrogen-bond donors (Lipinski definition) is 2. The zero-order chi connectivity index (χ0) is 21.2. The van der Waals surface area contributed by atoms with Crippen LogP contribution in [0.3, 0.4) is 0 Å². The second kappa shape index (κ2) is 6.25. The van der Waals surface area contributed by atoms with Crippen molar-refractivity contribution in [2.45, 2.75) is 13.8 Å². The van der Waals surface area contributed by atoms with Gasteiger partial charge in [-0.25, -0.2) is 0 Å². The highest BCUT2D eigenvalue weighted by molar-refractivity contribution is 6.49. The van der Waals surface area contributed by atoms with Gasteiger partial charge in [0.05, 0.1) is 16.2 Å². The number of aryl methyl sites for hydroxylation is 2. The maximum atomic E-state index is 13.1. The van der Waals surface area contributed by atoms with Crippen molar-refractivity contribution in [2.75, 3.05) is 0 Å². The topological polar surface area (TPSA) is 109 Å². The van der Waals surface area contributed by atoms with Crippen molar-refractivity contribution in [3.63, 3.8) is 0 Å². The molecule has 2 aliphatic carbocycles. The zero-order valence-electron chi connectivity index (χ0n) is 15.3. The maximum absolute atomic E-state index is 13.1. The van der Waals surface area contributed by atoms with Crippen LogP contribution in [0.15, 0.2) is 35.4 Å². The van der Waals surface area contributed by atoms with E-state index in [0.717, 1.165) is 12.2 Å². The van der Waals surface area contributed by atoms with Crippen molar-refractivity contribution in [2.24, 2.45) is 0 Å². The Bertz CT molecular complexity index is 1260. The smallest absolute Gasteiger partial charge is 0.208 e. The number of carbonyl (C=O) groups is 4. The van der Waals surface area contributed by atoms with Crippen LogP contribution in [0.1, 0.15) is 58.1 Å². The lowest BCUT2D eigenvalue weighted by Gasteiger charge is -2.22. The Kier molecular flexibility index (Phi) is 4.06. The number of hydrogen-bond acceptors (Lipinski definition) is 6. The fraction of sp³-hybridized carbons (Fsp3) is 0.0909. The number of carbonyl (C=O) groups excluding carboxylic acids is 4. The Hall–Kier alpha value is -3.51. The first-order valence-corrected chi connectivity index (χ1v) is 8.97. The standard InChI is InChI=1S/C22H13ClO6/c1-8-3-11-18(15(25)4-8)16(26)6-12(20(11)27)17-9(2)5-10-14(24)7-13(23)21(28)19(10)22(17)29/h3-7,25,29H,1-2H3. The van der Waals surface area contributed by atoms with Gasteiger partial charge in [0.2, 0.25) is 5.78 Å². The number of benzene rings is 2. The molecule has 2 N–H and O–H groups in total. The Morgan fingerprint density at radius 1 is 0.759 bits per heavy atom. The second-order valence-corrected chi connectivity index (χ2v) is 7.39. The van der Waals surface area contributed by atoms with Crippen LogP contribution in [0.25, 0.3) is 5.57 Å². The van der Waals surface area contributed by atoms with Gasteiger partial charge in [-0.1, -0.05) is 11.6 Å². The number of halogens is 1. The Labute approximate surface area is 169 Å². The van der Waals surface area contributed by atoms with Gasteiger partial charge < -0.3 is 10.2 Å². The Balaban J connectivity index is 1.98. The number of allylic oxidation sites excluding steroid dienone is 4. The molecule has 0 heterocycles. The number of fused-ring (bicyclic) bond motifs is 2. The summed E-state index contributed by atoms with van der Waals surface area (Å²) < 4.78 is 0. The molecular weight excluding hydrogens is 396 g/mol. The van der Waals surface area contributed by atoms with Gasteiger partial charge in [0.15, 0.2) is 17.3 Å². The molecule has 0 saturated carbocycles. The summed E-state index contributed by atoms with van der Waals surface area (Å²) in [5.41, 5.74) is 0.314. The predicted molar refractivity (Wildman–Crippen MR) is 105 cm³/mol. The van der Waals surface area contributed by atoms with Gasteiger partial charge in [0.25, 0.3) is 0 Å². The van der Waals surface area contributed by atoms with Crippen LogP contribution in [0.2, 0.25) is 0 Å². The zero-order valence-corrected chi connectivity index (χ0v) is 16.0. The molecule has 0 aliphatic heterocycles. The van der Waals surface area contributed by atoms with Crippen LogP contribution in [0, 0.1) is 13.8 Å². The summed E-state index contributed by atoms with van der Waals surface area (Å²) >= 11 is 5.81. The van der Waals surface area contributed by atoms with Crippen LogP contribution < -0.4 is 0 Å². The molecule has 0 fully saturated rings. The van der Waals surface area contributed by atoms with Crippen molar-refractivity contribution < 1.29 is 29.4 Å². The highest BCUT2D eigenvalue weighted by Crippen LogP contribution is 2.42. The van der Waals surface area contributed by atoms with E-state index >= 15 is 0 Å². The third-order valence-electron chi connectivity index (χ3n) is 5.01. The minimum Gasteiger partial charge on any atom is -0.507 e. The molecule has 4 rings (SSSR count). The van der Waals surface area contributed by atoms with E-state index in [2.05, 4.69) is 0 Å². The molecule has 0 radical (unpaired) electrons. The van der Waals surface area contributed by atoms with Crippen LogP contribution in [-0.2, 0) is 0 Å². The molecule has 2 aromatic carbocycles. The molecule has 7 heteroatoms. The van der Waals surface area contributed by atoms with Gasteiger partial charge in [-0.05, 0) is 49.2 Å². The summed E-state index contributed by atoms with van der Waals surface area (Å²) in [5, 5.41) is 20.6. The summed E-state index contributed by atoms with van der Waals surface area (Å²) in [6, 6.07) is 4.23. The average Bonchev–Trinajstić information content (AvgIpc) is 2.62. The Morgan fingerprint density at radius 2 is 1.45 bits per heavy atom. The highest BCUT2D eigenvalue weighted by Gasteiger charge is 2.35. The van der Waals surface area contributed by atoms with Crippen molar-refractivity contribution in [3.8, 4) is 11.5 Å². The van der Waals surface area contributed by atoms with Crippen molar-refractivity contribution in [3.05, 3.63) is 74.3 Å². The molecule has 0 amide bonds. The van der Waals surface area contributed by atoms with Gasteiger partial charge in [0.1, 0.15) is 11.5 Å². The first-order chi connectivity index (χ1) is 13.6. The third-order valence-corrected chi connectivity index (χ3v) is 5.29. The van der Waals surface area contributed by atoms with Crippen molar-refractivity contribution in [1.29, 1.82) is 0 Å². The number of Topliss-reactive ketones (excluding diaryl/α,β-unsaturated/α-hetero) is 2. The normalized spacial score (nSPS) is 15.7.